The number of aryl methyl sites for hydroxylation is 1. The molecule has 88 valence electrons. The maximum absolute atomic E-state index is 5.98. The van der Waals surface area contributed by atoms with E-state index >= 15 is 0 Å². The number of aromatic nitrogens is 1. The molecule has 0 fully saturated rings. The van der Waals surface area contributed by atoms with Crippen molar-refractivity contribution in [2.45, 2.75) is 45.1 Å². The highest BCUT2D eigenvalue weighted by Gasteiger charge is 1.99. The van der Waals surface area contributed by atoms with Crippen LogP contribution >= 0.6 is 0 Å². The van der Waals surface area contributed by atoms with Gasteiger partial charge in [-0.2, -0.15) is 0 Å². The second-order valence-corrected chi connectivity index (χ2v) is 4.17. The normalized spacial score (nSPS) is 13.1. The van der Waals surface area contributed by atoms with Crippen LogP contribution in [0.2, 0.25) is 0 Å². The predicted molar refractivity (Wildman–Crippen MR) is 69.2 cm³/mol. The number of pyridine rings is 1. The zero-order valence-electron chi connectivity index (χ0n) is 10.1. The largest absolute Gasteiger partial charge is 0.327 e. The Hall–Kier alpha value is -1.15. The molecule has 0 aromatic carbocycles. The molecule has 1 unspecified atom stereocenters. The van der Waals surface area contributed by atoms with Crippen molar-refractivity contribution in [3.8, 4) is 0 Å². The second-order valence-electron chi connectivity index (χ2n) is 4.17. The van der Waals surface area contributed by atoms with E-state index in [0.29, 0.717) is 6.04 Å². The van der Waals surface area contributed by atoms with Crippen molar-refractivity contribution >= 4 is 0 Å². The first kappa shape index (κ1) is 12.9. The highest BCUT2D eigenvalue weighted by molar-refractivity contribution is 5.08. The Balaban J connectivity index is 2.08. The summed E-state index contributed by atoms with van der Waals surface area (Å²) >= 11 is 0. The van der Waals surface area contributed by atoms with Gasteiger partial charge in [0.25, 0.3) is 0 Å². The Morgan fingerprint density at radius 2 is 2.31 bits per heavy atom. The molecule has 0 saturated heterocycles. The van der Waals surface area contributed by atoms with Crippen molar-refractivity contribution < 1.29 is 0 Å². The molecule has 2 heteroatoms. The Morgan fingerprint density at radius 1 is 1.44 bits per heavy atom. The van der Waals surface area contributed by atoms with Crippen LogP contribution in [0.15, 0.2) is 36.7 Å². The van der Waals surface area contributed by atoms with E-state index in [1.807, 2.05) is 25.4 Å². The van der Waals surface area contributed by atoms with E-state index in [1.54, 1.807) is 0 Å². The van der Waals surface area contributed by atoms with Crippen molar-refractivity contribution in [3.05, 3.63) is 42.2 Å². The number of nitrogens with zero attached hydrogens (tertiary/aromatic N) is 1. The summed E-state index contributed by atoms with van der Waals surface area (Å²) in [4.78, 5) is 4.11. The maximum Gasteiger partial charge on any atom is 0.0299 e. The summed E-state index contributed by atoms with van der Waals surface area (Å²) in [7, 11) is 0. The third kappa shape index (κ3) is 5.66. The van der Waals surface area contributed by atoms with E-state index in [1.165, 1.54) is 18.4 Å². The minimum atomic E-state index is 0.324. The fraction of sp³-hybridized carbons (Fsp3) is 0.500. The predicted octanol–water partition coefficient (Wildman–Crippen LogP) is 3.09. The first-order valence-corrected chi connectivity index (χ1v) is 6.08. The molecule has 0 saturated carbocycles. The van der Waals surface area contributed by atoms with Gasteiger partial charge in [-0.15, -0.1) is 0 Å². The minimum Gasteiger partial charge on any atom is -0.327 e. The molecule has 0 aliphatic rings. The molecule has 0 aliphatic carbocycles. The Morgan fingerprint density at radius 3 is 3.00 bits per heavy atom. The van der Waals surface area contributed by atoms with Gasteiger partial charge in [0.2, 0.25) is 0 Å². The molecule has 0 spiro atoms. The van der Waals surface area contributed by atoms with Crippen LogP contribution in [0.1, 0.15) is 38.2 Å². The summed E-state index contributed by atoms with van der Waals surface area (Å²) in [6.45, 7) is 2.04. The molecule has 0 aliphatic heterocycles. The van der Waals surface area contributed by atoms with Gasteiger partial charge in [-0.1, -0.05) is 24.6 Å². The molecular formula is C14H22N2. The van der Waals surface area contributed by atoms with E-state index in [2.05, 4.69) is 23.2 Å². The van der Waals surface area contributed by atoms with E-state index < -0.39 is 0 Å². The number of allylic oxidation sites excluding steroid dienone is 1. The quantitative estimate of drug-likeness (QED) is 0.564. The van der Waals surface area contributed by atoms with Crippen molar-refractivity contribution in [2.75, 3.05) is 0 Å². The number of unbranched alkanes of at least 4 members (excludes halogenated alkanes) is 1. The van der Waals surface area contributed by atoms with Gasteiger partial charge >= 0.3 is 0 Å². The lowest BCUT2D eigenvalue weighted by molar-refractivity contribution is 0.568. The van der Waals surface area contributed by atoms with Crippen molar-refractivity contribution in [1.29, 1.82) is 0 Å². The lowest BCUT2D eigenvalue weighted by atomic mass is 10.0. The van der Waals surface area contributed by atoms with Gasteiger partial charge in [-0.05, 0) is 44.2 Å². The number of hydrogen-bond donors (Lipinski definition) is 1. The van der Waals surface area contributed by atoms with Gasteiger partial charge < -0.3 is 5.73 Å². The Kier molecular flexibility index (Phi) is 6.50. The van der Waals surface area contributed by atoms with Crippen LogP contribution < -0.4 is 5.73 Å². The van der Waals surface area contributed by atoms with Crippen LogP contribution in [0.25, 0.3) is 0 Å². The maximum atomic E-state index is 5.98. The molecular weight excluding hydrogens is 196 g/mol. The van der Waals surface area contributed by atoms with Crippen molar-refractivity contribution in [2.24, 2.45) is 5.73 Å². The van der Waals surface area contributed by atoms with Gasteiger partial charge in [-0.3, -0.25) is 4.98 Å². The highest BCUT2D eigenvalue weighted by atomic mass is 14.6. The molecule has 1 rings (SSSR count). The SMILES string of the molecule is CC=CCC(N)CCCCc1cccnc1. The van der Waals surface area contributed by atoms with Gasteiger partial charge in [0, 0.05) is 18.4 Å². The van der Waals surface area contributed by atoms with Gasteiger partial charge in [-0.25, -0.2) is 0 Å². The molecule has 1 aromatic rings. The summed E-state index contributed by atoms with van der Waals surface area (Å²) in [5, 5.41) is 0. The molecule has 2 nitrogen and oxygen atoms in total. The topological polar surface area (TPSA) is 38.9 Å². The first-order valence-electron chi connectivity index (χ1n) is 6.08. The molecule has 1 heterocycles. The number of rotatable bonds is 7. The third-order valence-electron chi connectivity index (χ3n) is 2.69. The van der Waals surface area contributed by atoms with Crippen LogP contribution in [-0.2, 0) is 6.42 Å². The standard InChI is InChI=1S/C14H22N2/c1-2-3-9-14(15)10-5-4-7-13-8-6-11-16-12-13/h2-3,6,8,11-12,14H,4-5,7,9-10,15H2,1H3. The van der Waals surface area contributed by atoms with Crippen LogP contribution in [-0.4, -0.2) is 11.0 Å². The molecule has 1 atom stereocenters. The summed E-state index contributed by atoms with van der Waals surface area (Å²) in [6, 6.07) is 4.45. The number of hydrogen-bond acceptors (Lipinski definition) is 2. The minimum absolute atomic E-state index is 0.324. The molecule has 1 aromatic heterocycles. The van der Waals surface area contributed by atoms with Crippen LogP contribution in [0.4, 0.5) is 0 Å². The van der Waals surface area contributed by atoms with Crippen molar-refractivity contribution in [1.82, 2.24) is 4.98 Å². The van der Waals surface area contributed by atoms with Gasteiger partial charge in [0.1, 0.15) is 0 Å². The number of nitrogens with two attached hydrogens (primary N) is 1. The van der Waals surface area contributed by atoms with E-state index in [-0.39, 0.29) is 0 Å². The molecule has 0 bridgehead atoms. The molecule has 0 amide bonds. The smallest absolute Gasteiger partial charge is 0.0299 e. The summed E-state index contributed by atoms with van der Waals surface area (Å²) in [5.74, 6) is 0. The highest BCUT2D eigenvalue weighted by Crippen LogP contribution is 2.07. The zero-order valence-corrected chi connectivity index (χ0v) is 10.1. The Labute approximate surface area is 98.6 Å². The van der Waals surface area contributed by atoms with Gasteiger partial charge in [0.05, 0.1) is 0 Å². The Bertz CT molecular complexity index is 293. The fourth-order valence-electron chi connectivity index (χ4n) is 1.71. The van der Waals surface area contributed by atoms with Crippen LogP contribution in [0.3, 0.4) is 0 Å². The zero-order chi connectivity index (χ0) is 11.6. The average molecular weight is 218 g/mol. The fourth-order valence-corrected chi connectivity index (χ4v) is 1.71. The lowest BCUT2D eigenvalue weighted by Gasteiger charge is -2.08. The second kappa shape index (κ2) is 8.05. The summed E-state index contributed by atoms with van der Waals surface area (Å²) in [5.41, 5.74) is 7.30. The van der Waals surface area contributed by atoms with E-state index in [9.17, 15) is 0 Å². The van der Waals surface area contributed by atoms with Crippen LogP contribution in [0, 0.1) is 0 Å². The van der Waals surface area contributed by atoms with E-state index in [4.69, 9.17) is 5.73 Å². The average Bonchev–Trinajstić information content (AvgIpc) is 2.33. The monoisotopic (exact) mass is 218 g/mol. The summed E-state index contributed by atoms with van der Waals surface area (Å²) in [6.07, 6.45) is 13.6. The van der Waals surface area contributed by atoms with Crippen molar-refractivity contribution in [3.63, 3.8) is 0 Å². The molecule has 0 radical (unpaired) electrons. The lowest BCUT2D eigenvalue weighted by Crippen LogP contribution is -2.18. The molecule has 16 heavy (non-hydrogen) atoms. The first-order chi connectivity index (χ1) is 7.83. The van der Waals surface area contributed by atoms with E-state index in [0.717, 1.165) is 19.3 Å². The summed E-state index contributed by atoms with van der Waals surface area (Å²) < 4.78 is 0. The van der Waals surface area contributed by atoms with Crippen LogP contribution in [0.5, 0.6) is 0 Å². The third-order valence-corrected chi connectivity index (χ3v) is 2.69. The molecule has 2 N–H and O–H groups in total. The van der Waals surface area contributed by atoms with Gasteiger partial charge in [0.15, 0.2) is 0 Å².